The third-order valence-electron chi connectivity index (χ3n) is 5.09. The van der Waals surface area contributed by atoms with Crippen LogP contribution in [0.1, 0.15) is 49.9 Å². The van der Waals surface area contributed by atoms with Gasteiger partial charge in [0.25, 0.3) is 0 Å². The molecule has 3 rings (SSSR count). The van der Waals surface area contributed by atoms with Crippen LogP contribution in [-0.2, 0) is 4.79 Å². The molecule has 23 heavy (non-hydrogen) atoms. The fraction of sp³-hybridized carbons (Fsp3) is 0.381. The SMILES string of the molecule is CC[C@@H]1C(=O)[C@H](CC)[C@H](c2ccccc2)N[C@@H]1c1ccccc1. The van der Waals surface area contributed by atoms with Gasteiger partial charge in [-0.05, 0) is 24.0 Å². The molecule has 2 aromatic carbocycles. The van der Waals surface area contributed by atoms with Crippen molar-refractivity contribution in [1.29, 1.82) is 0 Å². The Kier molecular flexibility index (Phi) is 4.92. The van der Waals surface area contributed by atoms with Crippen molar-refractivity contribution in [3.05, 3.63) is 71.8 Å². The highest BCUT2D eigenvalue weighted by molar-refractivity contribution is 5.86. The van der Waals surface area contributed by atoms with Crippen LogP contribution in [0.25, 0.3) is 0 Å². The number of hydrogen-bond acceptors (Lipinski definition) is 2. The van der Waals surface area contributed by atoms with Crippen molar-refractivity contribution in [3.8, 4) is 0 Å². The van der Waals surface area contributed by atoms with Gasteiger partial charge < -0.3 is 5.32 Å². The van der Waals surface area contributed by atoms with Crippen molar-refractivity contribution in [2.24, 2.45) is 11.8 Å². The molecule has 0 bridgehead atoms. The van der Waals surface area contributed by atoms with Gasteiger partial charge in [-0.1, -0.05) is 74.5 Å². The second-order valence-electron chi connectivity index (χ2n) is 6.38. The van der Waals surface area contributed by atoms with E-state index < -0.39 is 0 Å². The summed E-state index contributed by atoms with van der Waals surface area (Å²) in [6, 6.07) is 21.0. The molecule has 2 aromatic rings. The lowest BCUT2D eigenvalue weighted by molar-refractivity contribution is -0.132. The van der Waals surface area contributed by atoms with Gasteiger partial charge in [-0.15, -0.1) is 0 Å². The lowest BCUT2D eigenvalue weighted by Crippen LogP contribution is -2.48. The summed E-state index contributed by atoms with van der Waals surface area (Å²) in [6.07, 6.45) is 1.76. The molecule has 4 atom stereocenters. The highest BCUT2D eigenvalue weighted by Gasteiger charge is 2.42. The first-order chi connectivity index (χ1) is 11.3. The van der Waals surface area contributed by atoms with Crippen LogP contribution in [-0.4, -0.2) is 5.78 Å². The molecule has 0 radical (unpaired) electrons. The van der Waals surface area contributed by atoms with Crippen molar-refractivity contribution in [3.63, 3.8) is 0 Å². The number of benzene rings is 2. The first kappa shape index (κ1) is 15.9. The van der Waals surface area contributed by atoms with E-state index in [-0.39, 0.29) is 23.9 Å². The van der Waals surface area contributed by atoms with E-state index >= 15 is 0 Å². The van der Waals surface area contributed by atoms with Crippen molar-refractivity contribution >= 4 is 5.78 Å². The van der Waals surface area contributed by atoms with E-state index in [1.165, 1.54) is 11.1 Å². The zero-order valence-electron chi connectivity index (χ0n) is 13.9. The zero-order chi connectivity index (χ0) is 16.2. The van der Waals surface area contributed by atoms with Crippen molar-refractivity contribution < 1.29 is 4.79 Å². The molecular formula is C21H25NO. The van der Waals surface area contributed by atoms with Gasteiger partial charge in [0.05, 0.1) is 0 Å². The molecular weight excluding hydrogens is 282 g/mol. The van der Waals surface area contributed by atoms with Crippen LogP contribution in [0.15, 0.2) is 60.7 Å². The minimum Gasteiger partial charge on any atom is -0.302 e. The van der Waals surface area contributed by atoms with Gasteiger partial charge in [-0.25, -0.2) is 0 Å². The summed E-state index contributed by atoms with van der Waals surface area (Å²) in [5, 5.41) is 3.80. The Labute approximate surface area is 138 Å². The van der Waals surface area contributed by atoms with Crippen LogP contribution in [0.5, 0.6) is 0 Å². The van der Waals surface area contributed by atoms with Crippen LogP contribution in [0.4, 0.5) is 0 Å². The molecule has 2 heteroatoms. The molecule has 0 spiro atoms. The Bertz CT molecular complexity index is 582. The molecule has 0 aliphatic carbocycles. The van der Waals surface area contributed by atoms with Gasteiger partial charge in [0.1, 0.15) is 5.78 Å². The van der Waals surface area contributed by atoms with Crippen LogP contribution in [0.3, 0.4) is 0 Å². The summed E-state index contributed by atoms with van der Waals surface area (Å²) in [7, 11) is 0. The number of carbonyl (C=O) groups excluding carboxylic acids is 1. The van der Waals surface area contributed by atoms with Crippen molar-refractivity contribution in [1.82, 2.24) is 5.32 Å². The molecule has 1 aliphatic rings. The highest BCUT2D eigenvalue weighted by Crippen LogP contribution is 2.40. The number of nitrogens with one attached hydrogen (secondary N) is 1. The summed E-state index contributed by atoms with van der Waals surface area (Å²) >= 11 is 0. The number of piperidine rings is 1. The standard InChI is InChI=1S/C21H25NO/c1-3-17-19(15-11-7-5-8-12-15)22-20(18(4-2)21(17)23)16-13-9-6-10-14-16/h5-14,17-20,22H,3-4H2,1-2H3/t17-,18+,19+,20-. The summed E-state index contributed by atoms with van der Waals surface area (Å²) in [6.45, 7) is 4.24. The number of hydrogen-bond donors (Lipinski definition) is 1. The maximum atomic E-state index is 13.1. The van der Waals surface area contributed by atoms with Gasteiger partial charge in [-0.3, -0.25) is 4.79 Å². The van der Waals surface area contributed by atoms with E-state index in [0.717, 1.165) is 12.8 Å². The Morgan fingerprint density at radius 3 is 1.48 bits per heavy atom. The molecule has 0 aromatic heterocycles. The molecule has 0 unspecified atom stereocenters. The molecule has 1 fully saturated rings. The summed E-state index contributed by atoms with van der Waals surface area (Å²) in [5.41, 5.74) is 2.42. The molecule has 1 N–H and O–H groups in total. The number of carbonyl (C=O) groups is 1. The van der Waals surface area contributed by atoms with E-state index in [1.807, 2.05) is 12.1 Å². The quantitative estimate of drug-likeness (QED) is 0.887. The first-order valence-electron chi connectivity index (χ1n) is 8.65. The molecule has 2 nitrogen and oxygen atoms in total. The van der Waals surface area contributed by atoms with Crippen LogP contribution >= 0.6 is 0 Å². The predicted octanol–water partition coefficient (Wildman–Crippen LogP) is 4.69. The van der Waals surface area contributed by atoms with Crippen LogP contribution in [0.2, 0.25) is 0 Å². The first-order valence-corrected chi connectivity index (χ1v) is 8.65. The normalized spacial score (nSPS) is 27.8. The lowest BCUT2D eigenvalue weighted by atomic mass is 9.73. The third-order valence-corrected chi connectivity index (χ3v) is 5.09. The minimum atomic E-state index is 0.0577. The third kappa shape index (κ3) is 3.09. The van der Waals surface area contributed by atoms with Gasteiger partial charge >= 0.3 is 0 Å². The Morgan fingerprint density at radius 1 is 0.739 bits per heavy atom. The molecule has 0 amide bonds. The Morgan fingerprint density at radius 2 is 1.13 bits per heavy atom. The maximum absolute atomic E-state index is 13.1. The number of ketones is 1. The topological polar surface area (TPSA) is 29.1 Å². The second-order valence-corrected chi connectivity index (χ2v) is 6.38. The fourth-order valence-electron chi connectivity index (χ4n) is 3.88. The average molecular weight is 307 g/mol. The van der Waals surface area contributed by atoms with E-state index in [9.17, 15) is 4.79 Å². The maximum Gasteiger partial charge on any atom is 0.142 e. The van der Waals surface area contributed by atoms with E-state index in [1.54, 1.807) is 0 Å². The molecule has 1 aliphatic heterocycles. The highest BCUT2D eigenvalue weighted by atomic mass is 16.1. The van der Waals surface area contributed by atoms with Crippen molar-refractivity contribution in [2.45, 2.75) is 38.8 Å². The second kappa shape index (κ2) is 7.10. The molecule has 1 saturated heterocycles. The van der Waals surface area contributed by atoms with Gasteiger partial charge in [0, 0.05) is 23.9 Å². The van der Waals surface area contributed by atoms with Gasteiger partial charge in [0.2, 0.25) is 0 Å². The van der Waals surface area contributed by atoms with E-state index in [2.05, 4.69) is 67.7 Å². The van der Waals surface area contributed by atoms with Crippen LogP contribution < -0.4 is 5.32 Å². The smallest absolute Gasteiger partial charge is 0.142 e. The Balaban J connectivity index is 1.99. The van der Waals surface area contributed by atoms with E-state index in [4.69, 9.17) is 0 Å². The summed E-state index contributed by atoms with van der Waals surface area (Å²) in [5.74, 6) is 0.529. The number of Topliss-reactive ketones (excluding diaryl/α,β-unsaturated/α-hetero) is 1. The van der Waals surface area contributed by atoms with Crippen LogP contribution in [0, 0.1) is 11.8 Å². The largest absolute Gasteiger partial charge is 0.302 e. The lowest BCUT2D eigenvalue weighted by Gasteiger charge is -2.41. The minimum absolute atomic E-state index is 0.0577. The monoisotopic (exact) mass is 307 g/mol. The zero-order valence-corrected chi connectivity index (χ0v) is 13.9. The Hall–Kier alpha value is -1.93. The molecule has 0 saturated carbocycles. The summed E-state index contributed by atoms with van der Waals surface area (Å²) < 4.78 is 0. The van der Waals surface area contributed by atoms with Crippen molar-refractivity contribution in [2.75, 3.05) is 0 Å². The molecule has 120 valence electrons. The van der Waals surface area contributed by atoms with E-state index in [0.29, 0.717) is 5.78 Å². The van der Waals surface area contributed by atoms with Gasteiger partial charge in [-0.2, -0.15) is 0 Å². The predicted molar refractivity (Wildman–Crippen MR) is 94.1 cm³/mol. The fourth-order valence-corrected chi connectivity index (χ4v) is 3.88. The van der Waals surface area contributed by atoms with Gasteiger partial charge in [0.15, 0.2) is 0 Å². The average Bonchev–Trinajstić information content (AvgIpc) is 2.62. The number of rotatable bonds is 4. The summed E-state index contributed by atoms with van der Waals surface area (Å²) in [4.78, 5) is 13.1. The molecule has 1 heterocycles.